The van der Waals surface area contributed by atoms with Crippen molar-refractivity contribution in [2.24, 2.45) is 5.92 Å². The predicted molar refractivity (Wildman–Crippen MR) is 97.9 cm³/mol. The number of nitro groups is 1. The van der Waals surface area contributed by atoms with Gasteiger partial charge in [0.1, 0.15) is 0 Å². The number of aromatic carboxylic acids is 1. The Bertz CT molecular complexity index is 939. The largest absolute Gasteiger partial charge is 0.478 e. The Morgan fingerprint density at radius 2 is 1.96 bits per heavy atom. The predicted octanol–water partition coefficient (Wildman–Crippen LogP) is 4.77. The van der Waals surface area contributed by atoms with Crippen molar-refractivity contribution in [3.05, 3.63) is 80.4 Å². The highest BCUT2D eigenvalue weighted by Crippen LogP contribution is 2.53. The Hall–Kier alpha value is -2.86. The lowest BCUT2D eigenvalue weighted by Gasteiger charge is -2.37. The number of halogens is 1. The van der Waals surface area contributed by atoms with E-state index >= 15 is 0 Å². The highest BCUT2D eigenvalue weighted by atomic mass is 35.5. The Balaban J connectivity index is 1.91. The lowest BCUT2D eigenvalue weighted by atomic mass is 9.75. The van der Waals surface area contributed by atoms with Crippen LogP contribution >= 0.6 is 11.6 Å². The second-order valence-electron chi connectivity index (χ2n) is 6.51. The van der Waals surface area contributed by atoms with Gasteiger partial charge >= 0.3 is 5.97 Å². The number of carboxylic acid groups (broad SMARTS) is 1. The van der Waals surface area contributed by atoms with Crippen molar-refractivity contribution < 1.29 is 14.8 Å². The van der Waals surface area contributed by atoms with Crippen LogP contribution < -0.4 is 5.32 Å². The minimum Gasteiger partial charge on any atom is -0.478 e. The van der Waals surface area contributed by atoms with Gasteiger partial charge < -0.3 is 10.4 Å². The van der Waals surface area contributed by atoms with E-state index in [-0.39, 0.29) is 29.1 Å². The smallest absolute Gasteiger partial charge is 0.337 e. The molecule has 2 N–H and O–H groups in total. The molecule has 1 aliphatic carbocycles. The molecule has 132 valence electrons. The molecule has 26 heavy (non-hydrogen) atoms. The number of fused-ring (bicyclic) bond motifs is 3. The van der Waals surface area contributed by atoms with Crippen molar-refractivity contribution in [3.63, 3.8) is 0 Å². The molecule has 0 saturated carbocycles. The van der Waals surface area contributed by atoms with Crippen LogP contribution in [-0.4, -0.2) is 16.0 Å². The number of nitrogens with one attached hydrogen (secondary N) is 1. The molecule has 1 heterocycles. The van der Waals surface area contributed by atoms with Gasteiger partial charge in [0, 0.05) is 17.0 Å². The molecule has 3 atom stereocenters. The molecule has 0 aromatic heterocycles. The van der Waals surface area contributed by atoms with Gasteiger partial charge in [0.25, 0.3) is 5.69 Å². The average Bonchev–Trinajstić information content (AvgIpc) is 3.10. The van der Waals surface area contributed by atoms with Gasteiger partial charge in [0.2, 0.25) is 0 Å². The summed E-state index contributed by atoms with van der Waals surface area (Å²) in [6, 6.07) is 9.81. The van der Waals surface area contributed by atoms with Crippen molar-refractivity contribution in [2.45, 2.75) is 18.4 Å². The van der Waals surface area contributed by atoms with Crippen molar-refractivity contribution in [1.29, 1.82) is 0 Å². The fourth-order valence-electron chi connectivity index (χ4n) is 4.03. The van der Waals surface area contributed by atoms with Crippen LogP contribution in [0.5, 0.6) is 0 Å². The third kappa shape index (κ3) is 2.54. The monoisotopic (exact) mass is 370 g/mol. The molecule has 2 aromatic carbocycles. The maximum atomic E-state index is 11.7. The molecular weight excluding hydrogens is 356 g/mol. The SMILES string of the molecule is O=C(O)c1ccc([N+](=O)[O-])c2c1N[C@@H](c1ccc(Cl)cc1)[C@@H]1CC=C[C@@H]21. The first-order valence-electron chi connectivity index (χ1n) is 8.20. The van der Waals surface area contributed by atoms with Gasteiger partial charge in [-0.1, -0.05) is 35.9 Å². The number of allylic oxidation sites excluding steroid dienone is 2. The Morgan fingerprint density at radius 3 is 2.62 bits per heavy atom. The van der Waals surface area contributed by atoms with Crippen LogP contribution in [0, 0.1) is 16.0 Å². The van der Waals surface area contributed by atoms with Crippen LogP contribution in [0.1, 0.15) is 39.9 Å². The molecule has 6 nitrogen and oxygen atoms in total. The standard InChI is InChI=1S/C19H15ClN2O4/c20-11-6-4-10(5-7-11)17-13-3-1-2-12(13)16-15(22(25)26)9-8-14(19(23)24)18(16)21-17/h1-2,4-9,12-13,17,21H,3H2,(H,23,24)/t12-,13-,17+/m1/s1. The summed E-state index contributed by atoms with van der Waals surface area (Å²) in [5.74, 6) is -1.24. The molecule has 7 heteroatoms. The van der Waals surface area contributed by atoms with E-state index < -0.39 is 10.9 Å². The fourth-order valence-corrected chi connectivity index (χ4v) is 4.15. The highest BCUT2D eigenvalue weighted by molar-refractivity contribution is 6.30. The second-order valence-corrected chi connectivity index (χ2v) is 6.95. The molecule has 1 aliphatic heterocycles. The Morgan fingerprint density at radius 1 is 1.23 bits per heavy atom. The average molecular weight is 371 g/mol. The van der Waals surface area contributed by atoms with Crippen molar-refractivity contribution in [3.8, 4) is 0 Å². The van der Waals surface area contributed by atoms with Crippen molar-refractivity contribution in [1.82, 2.24) is 0 Å². The maximum Gasteiger partial charge on any atom is 0.337 e. The quantitative estimate of drug-likeness (QED) is 0.461. The fraction of sp³-hybridized carbons (Fsp3) is 0.211. The summed E-state index contributed by atoms with van der Waals surface area (Å²) in [6.45, 7) is 0. The molecule has 0 radical (unpaired) electrons. The normalized spacial score (nSPS) is 23.0. The maximum absolute atomic E-state index is 11.7. The molecular formula is C19H15ClN2O4. The van der Waals surface area contributed by atoms with Crippen LogP contribution in [0.15, 0.2) is 48.6 Å². The highest BCUT2D eigenvalue weighted by Gasteiger charge is 2.43. The van der Waals surface area contributed by atoms with Crippen molar-refractivity contribution >= 4 is 28.9 Å². The Kier molecular flexibility index (Phi) is 3.92. The third-order valence-electron chi connectivity index (χ3n) is 5.15. The van der Waals surface area contributed by atoms with Crippen molar-refractivity contribution in [2.75, 3.05) is 5.32 Å². The minimum absolute atomic E-state index is 0.0447. The van der Waals surface area contributed by atoms with Gasteiger partial charge in [-0.15, -0.1) is 0 Å². The van der Waals surface area contributed by atoms with E-state index in [9.17, 15) is 20.0 Å². The van der Waals surface area contributed by atoms with Gasteiger partial charge in [-0.05, 0) is 36.1 Å². The summed E-state index contributed by atoms with van der Waals surface area (Å²) in [7, 11) is 0. The number of rotatable bonds is 3. The molecule has 0 spiro atoms. The number of anilines is 1. The van der Waals surface area contributed by atoms with Crippen LogP contribution in [0.2, 0.25) is 5.02 Å². The van der Waals surface area contributed by atoms with Crippen LogP contribution in [0.25, 0.3) is 0 Å². The number of carbonyl (C=O) groups is 1. The number of benzene rings is 2. The molecule has 4 rings (SSSR count). The molecule has 2 aliphatic rings. The lowest BCUT2D eigenvalue weighted by molar-refractivity contribution is -0.385. The zero-order chi connectivity index (χ0) is 18.4. The lowest BCUT2D eigenvalue weighted by Crippen LogP contribution is -2.31. The van der Waals surface area contributed by atoms with E-state index in [2.05, 4.69) is 5.32 Å². The van der Waals surface area contributed by atoms with Gasteiger partial charge in [-0.3, -0.25) is 10.1 Å². The first-order valence-corrected chi connectivity index (χ1v) is 8.58. The first-order chi connectivity index (χ1) is 12.5. The summed E-state index contributed by atoms with van der Waals surface area (Å²) in [5.41, 5.74) is 1.76. The third-order valence-corrected chi connectivity index (χ3v) is 5.40. The summed E-state index contributed by atoms with van der Waals surface area (Å²) in [6.07, 6.45) is 4.72. The number of nitro benzene ring substituents is 1. The van der Waals surface area contributed by atoms with E-state index in [0.717, 1.165) is 12.0 Å². The summed E-state index contributed by atoms with van der Waals surface area (Å²) in [5, 5.41) is 25.0. The summed E-state index contributed by atoms with van der Waals surface area (Å²) in [4.78, 5) is 22.8. The second kappa shape index (κ2) is 6.14. The molecule has 0 bridgehead atoms. The number of hydrogen-bond acceptors (Lipinski definition) is 4. The van der Waals surface area contributed by atoms with E-state index in [1.54, 1.807) is 12.1 Å². The number of hydrogen-bond donors (Lipinski definition) is 2. The van der Waals surface area contributed by atoms with Crippen LogP contribution in [0.3, 0.4) is 0 Å². The number of carboxylic acids is 1. The molecule has 2 aromatic rings. The van der Waals surface area contributed by atoms with Gasteiger partial charge in [0.15, 0.2) is 0 Å². The zero-order valence-corrected chi connectivity index (χ0v) is 14.3. The van der Waals surface area contributed by atoms with Gasteiger partial charge in [-0.2, -0.15) is 0 Å². The van der Waals surface area contributed by atoms with E-state index in [1.807, 2.05) is 24.3 Å². The summed E-state index contributed by atoms with van der Waals surface area (Å²) < 4.78 is 0. The molecule has 0 fully saturated rings. The zero-order valence-electron chi connectivity index (χ0n) is 13.6. The van der Waals surface area contributed by atoms with E-state index in [4.69, 9.17) is 11.6 Å². The molecule has 0 saturated heterocycles. The summed E-state index contributed by atoms with van der Waals surface area (Å²) >= 11 is 5.98. The van der Waals surface area contributed by atoms with E-state index in [0.29, 0.717) is 16.3 Å². The molecule has 0 unspecified atom stereocenters. The van der Waals surface area contributed by atoms with Gasteiger partial charge in [0.05, 0.1) is 27.8 Å². The van der Waals surface area contributed by atoms with Crippen LogP contribution in [0.4, 0.5) is 11.4 Å². The Labute approximate surface area is 154 Å². The van der Waals surface area contributed by atoms with E-state index in [1.165, 1.54) is 12.1 Å². The van der Waals surface area contributed by atoms with Gasteiger partial charge in [-0.25, -0.2) is 4.79 Å². The molecule has 0 amide bonds. The van der Waals surface area contributed by atoms with Crippen LogP contribution in [-0.2, 0) is 0 Å². The topological polar surface area (TPSA) is 92.5 Å². The number of nitrogens with zero attached hydrogens (tertiary/aromatic N) is 1. The first kappa shape index (κ1) is 16.6. The minimum atomic E-state index is -1.11.